The standard InChI is InChI=1S/C13H19NS/c1-10-3-4-12(9-10)14-11-5-7-13(15-2)8-6-11/h5-8,10,12,14H,3-4,9H2,1-2H3/t10-,12+/m0/s1. The van der Waals surface area contributed by atoms with Gasteiger partial charge in [-0.05, 0) is 55.7 Å². The fourth-order valence-corrected chi connectivity index (χ4v) is 2.67. The van der Waals surface area contributed by atoms with E-state index < -0.39 is 0 Å². The summed E-state index contributed by atoms with van der Waals surface area (Å²) in [5, 5.41) is 3.61. The van der Waals surface area contributed by atoms with Gasteiger partial charge < -0.3 is 5.32 Å². The molecule has 2 heteroatoms. The Labute approximate surface area is 96.7 Å². The van der Waals surface area contributed by atoms with Gasteiger partial charge in [-0.1, -0.05) is 6.92 Å². The van der Waals surface area contributed by atoms with Crippen molar-refractivity contribution in [2.75, 3.05) is 11.6 Å². The number of hydrogen-bond donors (Lipinski definition) is 1. The van der Waals surface area contributed by atoms with E-state index in [0.29, 0.717) is 6.04 Å². The summed E-state index contributed by atoms with van der Waals surface area (Å²) in [5.74, 6) is 0.896. The van der Waals surface area contributed by atoms with Gasteiger partial charge in [0.05, 0.1) is 0 Å². The van der Waals surface area contributed by atoms with Crippen molar-refractivity contribution in [3.05, 3.63) is 24.3 Å². The predicted octanol–water partition coefficient (Wildman–Crippen LogP) is 4.01. The molecule has 1 aliphatic carbocycles. The van der Waals surface area contributed by atoms with Gasteiger partial charge in [0.15, 0.2) is 0 Å². The van der Waals surface area contributed by atoms with Crippen molar-refractivity contribution in [3.63, 3.8) is 0 Å². The molecule has 0 aliphatic heterocycles. The third-order valence-corrected chi connectivity index (χ3v) is 3.90. The highest BCUT2D eigenvalue weighted by Crippen LogP contribution is 2.28. The number of benzene rings is 1. The predicted molar refractivity (Wildman–Crippen MR) is 68.6 cm³/mol. The molecule has 2 rings (SSSR count). The van der Waals surface area contributed by atoms with Crippen LogP contribution in [0.2, 0.25) is 0 Å². The van der Waals surface area contributed by atoms with Crippen molar-refractivity contribution in [1.82, 2.24) is 0 Å². The van der Waals surface area contributed by atoms with E-state index in [-0.39, 0.29) is 0 Å². The molecule has 2 atom stereocenters. The lowest BCUT2D eigenvalue weighted by Gasteiger charge is -2.14. The van der Waals surface area contributed by atoms with Crippen LogP contribution in [-0.4, -0.2) is 12.3 Å². The summed E-state index contributed by atoms with van der Waals surface area (Å²) < 4.78 is 0. The Hall–Kier alpha value is -0.630. The van der Waals surface area contributed by atoms with Gasteiger partial charge in [0.1, 0.15) is 0 Å². The molecule has 1 aliphatic rings. The first-order valence-electron chi connectivity index (χ1n) is 5.68. The van der Waals surface area contributed by atoms with Gasteiger partial charge in [0.2, 0.25) is 0 Å². The number of thioether (sulfide) groups is 1. The molecule has 1 saturated carbocycles. The highest BCUT2D eigenvalue weighted by molar-refractivity contribution is 7.98. The van der Waals surface area contributed by atoms with Crippen molar-refractivity contribution in [1.29, 1.82) is 0 Å². The van der Waals surface area contributed by atoms with Crippen LogP contribution < -0.4 is 5.32 Å². The molecule has 0 spiro atoms. The molecule has 0 aromatic heterocycles. The van der Waals surface area contributed by atoms with Crippen molar-refractivity contribution in [2.45, 2.75) is 37.1 Å². The maximum Gasteiger partial charge on any atom is 0.0343 e. The Kier molecular flexibility index (Phi) is 3.57. The summed E-state index contributed by atoms with van der Waals surface area (Å²) in [5.41, 5.74) is 1.27. The lowest BCUT2D eigenvalue weighted by Crippen LogP contribution is -2.14. The molecule has 1 aromatic rings. The summed E-state index contributed by atoms with van der Waals surface area (Å²) >= 11 is 1.79. The molecule has 1 fully saturated rings. The Morgan fingerprint density at radius 2 is 1.93 bits per heavy atom. The van der Waals surface area contributed by atoms with Gasteiger partial charge >= 0.3 is 0 Å². The quantitative estimate of drug-likeness (QED) is 0.774. The van der Waals surface area contributed by atoms with Crippen LogP contribution in [0.25, 0.3) is 0 Å². The number of hydrogen-bond acceptors (Lipinski definition) is 2. The van der Waals surface area contributed by atoms with Crippen LogP contribution in [0.4, 0.5) is 5.69 Å². The molecule has 0 unspecified atom stereocenters. The fraction of sp³-hybridized carbons (Fsp3) is 0.538. The molecule has 0 bridgehead atoms. The first-order valence-corrected chi connectivity index (χ1v) is 6.91. The largest absolute Gasteiger partial charge is 0.382 e. The van der Waals surface area contributed by atoms with Crippen molar-refractivity contribution in [3.8, 4) is 0 Å². The Morgan fingerprint density at radius 1 is 1.20 bits per heavy atom. The molecule has 82 valence electrons. The second kappa shape index (κ2) is 4.93. The highest BCUT2D eigenvalue weighted by atomic mass is 32.2. The van der Waals surface area contributed by atoms with Crippen LogP contribution in [0.15, 0.2) is 29.2 Å². The SMILES string of the molecule is CSc1ccc(N[C@@H]2CC[C@H](C)C2)cc1. The van der Waals surface area contributed by atoms with E-state index in [1.165, 1.54) is 29.8 Å². The first kappa shape index (κ1) is 10.9. The van der Waals surface area contributed by atoms with E-state index in [1.54, 1.807) is 11.8 Å². The average molecular weight is 221 g/mol. The minimum atomic E-state index is 0.695. The zero-order valence-corrected chi connectivity index (χ0v) is 10.3. The molecule has 15 heavy (non-hydrogen) atoms. The van der Waals surface area contributed by atoms with Gasteiger partial charge in [-0.3, -0.25) is 0 Å². The number of nitrogens with one attached hydrogen (secondary N) is 1. The Bertz CT molecular complexity index is 307. The second-order valence-electron chi connectivity index (χ2n) is 4.49. The zero-order chi connectivity index (χ0) is 10.7. The third-order valence-electron chi connectivity index (χ3n) is 3.16. The molecular weight excluding hydrogens is 202 g/mol. The molecular formula is C13H19NS. The maximum atomic E-state index is 3.61. The lowest BCUT2D eigenvalue weighted by atomic mass is 10.1. The van der Waals surface area contributed by atoms with Crippen LogP contribution in [0.1, 0.15) is 26.2 Å². The minimum Gasteiger partial charge on any atom is -0.382 e. The summed E-state index contributed by atoms with van der Waals surface area (Å²) in [4.78, 5) is 1.33. The molecule has 1 aromatic carbocycles. The fourth-order valence-electron chi connectivity index (χ4n) is 2.26. The van der Waals surface area contributed by atoms with Gasteiger partial charge in [-0.25, -0.2) is 0 Å². The van der Waals surface area contributed by atoms with E-state index in [4.69, 9.17) is 0 Å². The van der Waals surface area contributed by atoms with E-state index in [0.717, 1.165) is 5.92 Å². The summed E-state index contributed by atoms with van der Waals surface area (Å²) in [6, 6.07) is 9.44. The van der Waals surface area contributed by atoms with Crippen molar-refractivity contribution in [2.24, 2.45) is 5.92 Å². The van der Waals surface area contributed by atoms with E-state index >= 15 is 0 Å². The Morgan fingerprint density at radius 3 is 2.47 bits per heavy atom. The summed E-state index contributed by atoms with van der Waals surface area (Å²) in [6.07, 6.45) is 6.14. The van der Waals surface area contributed by atoms with Crippen LogP contribution in [0.3, 0.4) is 0 Å². The summed E-state index contributed by atoms with van der Waals surface area (Å²) in [6.45, 7) is 2.35. The summed E-state index contributed by atoms with van der Waals surface area (Å²) in [7, 11) is 0. The molecule has 1 nitrogen and oxygen atoms in total. The van der Waals surface area contributed by atoms with Crippen LogP contribution >= 0.6 is 11.8 Å². The normalized spacial score (nSPS) is 25.5. The zero-order valence-electron chi connectivity index (χ0n) is 9.49. The maximum absolute atomic E-state index is 3.61. The smallest absolute Gasteiger partial charge is 0.0343 e. The topological polar surface area (TPSA) is 12.0 Å². The van der Waals surface area contributed by atoms with Crippen LogP contribution in [0, 0.1) is 5.92 Å². The van der Waals surface area contributed by atoms with Crippen LogP contribution in [-0.2, 0) is 0 Å². The Balaban J connectivity index is 1.93. The minimum absolute atomic E-state index is 0.695. The number of rotatable bonds is 3. The van der Waals surface area contributed by atoms with Gasteiger partial charge in [0, 0.05) is 16.6 Å². The molecule has 0 radical (unpaired) electrons. The first-order chi connectivity index (χ1) is 7.28. The van der Waals surface area contributed by atoms with Crippen molar-refractivity contribution < 1.29 is 0 Å². The lowest BCUT2D eigenvalue weighted by molar-refractivity contribution is 0.602. The molecule has 0 heterocycles. The van der Waals surface area contributed by atoms with Gasteiger partial charge in [0.25, 0.3) is 0 Å². The molecule has 1 N–H and O–H groups in total. The van der Waals surface area contributed by atoms with Crippen LogP contribution in [0.5, 0.6) is 0 Å². The number of anilines is 1. The van der Waals surface area contributed by atoms with Gasteiger partial charge in [-0.2, -0.15) is 0 Å². The molecule has 0 saturated heterocycles. The monoisotopic (exact) mass is 221 g/mol. The van der Waals surface area contributed by atoms with Crippen molar-refractivity contribution >= 4 is 17.4 Å². The third kappa shape index (κ3) is 2.91. The highest BCUT2D eigenvalue weighted by Gasteiger charge is 2.20. The van der Waals surface area contributed by atoms with E-state index in [2.05, 4.69) is 42.8 Å². The van der Waals surface area contributed by atoms with E-state index in [9.17, 15) is 0 Å². The average Bonchev–Trinajstić information content (AvgIpc) is 2.65. The molecule has 0 amide bonds. The second-order valence-corrected chi connectivity index (χ2v) is 5.37. The van der Waals surface area contributed by atoms with E-state index in [1.807, 2.05) is 0 Å². The van der Waals surface area contributed by atoms with Gasteiger partial charge in [-0.15, -0.1) is 11.8 Å².